The van der Waals surface area contributed by atoms with Crippen molar-refractivity contribution in [3.63, 3.8) is 0 Å². The first-order chi connectivity index (χ1) is 59.1. The number of amides is 3. The summed E-state index contributed by atoms with van der Waals surface area (Å²) in [6.45, 7) is 6.61. The van der Waals surface area contributed by atoms with Crippen molar-refractivity contribution < 1.29 is 61.1 Å². The molecule has 17 rings (SSSR count). The Morgan fingerprint density at radius 3 is 1.14 bits per heavy atom. The lowest BCUT2D eigenvalue weighted by Gasteiger charge is -2.35. The Morgan fingerprint density at radius 1 is 0.421 bits per heavy atom. The van der Waals surface area contributed by atoms with E-state index in [9.17, 15) is 27.6 Å². The average molecular weight is 1700 g/mol. The van der Waals surface area contributed by atoms with Gasteiger partial charge in [-0.1, -0.05) is 84.0 Å². The highest BCUT2D eigenvalue weighted by Gasteiger charge is 2.39. The van der Waals surface area contributed by atoms with Crippen LogP contribution in [0.1, 0.15) is 120 Å². The van der Waals surface area contributed by atoms with Gasteiger partial charge in [0.2, 0.25) is 0 Å². The number of aromatic nitrogens is 8. The van der Waals surface area contributed by atoms with Gasteiger partial charge in [-0.2, -0.15) is 5.10 Å². The third kappa shape index (κ3) is 21.1. The van der Waals surface area contributed by atoms with E-state index in [4.69, 9.17) is 68.3 Å². The highest BCUT2D eigenvalue weighted by Crippen LogP contribution is 2.44. The van der Waals surface area contributed by atoms with E-state index < -0.39 is 53.9 Å². The molecule has 0 aliphatic carbocycles. The molecule has 0 bridgehead atoms. The Balaban J connectivity index is 0.000000141. The van der Waals surface area contributed by atoms with Crippen LogP contribution >= 0.6 is 34.8 Å². The summed E-state index contributed by atoms with van der Waals surface area (Å²) in [5.41, 5.74) is 11.8. The molecule has 624 valence electrons. The summed E-state index contributed by atoms with van der Waals surface area (Å²) < 4.78 is 78.9. The number of rotatable bonds is 28. The normalized spacial score (nSPS) is 14.7. The second-order valence-corrected chi connectivity index (χ2v) is 30.9. The molecular formula is C93H90Cl3F3N12O10. The molecule has 0 radical (unpaired) electrons. The molecule has 0 fully saturated rings. The van der Waals surface area contributed by atoms with Crippen LogP contribution in [0.25, 0.3) is 32.7 Å². The lowest BCUT2D eigenvalue weighted by Crippen LogP contribution is -2.42. The average Bonchev–Trinajstić information content (AvgIpc) is 1.62. The minimum Gasteiger partial charge on any atom is -0.494 e. The van der Waals surface area contributed by atoms with Gasteiger partial charge in [-0.15, -0.1) is 0 Å². The summed E-state index contributed by atoms with van der Waals surface area (Å²) in [7, 11) is 0. The predicted molar refractivity (Wildman–Crippen MR) is 459 cm³/mol. The number of benzene rings is 9. The van der Waals surface area contributed by atoms with Gasteiger partial charge in [0.25, 0.3) is 0 Å². The summed E-state index contributed by atoms with van der Waals surface area (Å²) >= 11 is 18.9. The van der Waals surface area contributed by atoms with Gasteiger partial charge in [0.05, 0.1) is 32.8 Å². The fourth-order valence-corrected chi connectivity index (χ4v) is 16.2. The molecule has 9 aromatic carbocycles. The van der Waals surface area contributed by atoms with Crippen molar-refractivity contribution in [2.24, 2.45) is 0 Å². The Kier molecular flexibility index (Phi) is 27.8. The van der Waals surface area contributed by atoms with Crippen LogP contribution in [0.5, 0.6) is 34.5 Å². The molecule has 3 aliphatic heterocycles. The predicted octanol–water partition coefficient (Wildman–Crippen LogP) is 20.3. The summed E-state index contributed by atoms with van der Waals surface area (Å²) in [4.78, 5) is 63.9. The molecular weight excluding hydrogens is 1610 g/mol. The molecule has 14 aromatic rings. The van der Waals surface area contributed by atoms with Crippen LogP contribution in [0.4, 0.5) is 27.6 Å². The number of H-pyrrole nitrogens is 3. The molecule has 5 N–H and O–H groups in total. The number of imidazole rings is 1. The van der Waals surface area contributed by atoms with Gasteiger partial charge in [0.15, 0.2) is 0 Å². The second kappa shape index (κ2) is 40.2. The molecule has 8 heterocycles. The number of carbonyl (C=O) groups excluding carboxylic acids is 3. The van der Waals surface area contributed by atoms with Crippen LogP contribution in [0.2, 0.25) is 15.1 Å². The molecule has 3 unspecified atom stereocenters. The number of nitrogens with zero attached hydrogens (tertiary/aromatic N) is 8. The molecule has 0 saturated carbocycles. The maximum Gasteiger partial charge on any atom is 0.416 e. The van der Waals surface area contributed by atoms with Gasteiger partial charge >= 0.3 is 18.3 Å². The van der Waals surface area contributed by atoms with Gasteiger partial charge in [0, 0.05) is 117 Å². The fourth-order valence-electron chi connectivity index (χ4n) is 15.7. The van der Waals surface area contributed by atoms with Crippen molar-refractivity contribution in [1.82, 2.24) is 59.3 Å². The second-order valence-electron chi connectivity index (χ2n) is 29.6. The van der Waals surface area contributed by atoms with Crippen molar-refractivity contribution in [2.75, 3.05) is 59.2 Å². The van der Waals surface area contributed by atoms with Crippen LogP contribution in [-0.2, 0) is 32.4 Å². The van der Waals surface area contributed by atoms with Gasteiger partial charge < -0.3 is 58.4 Å². The van der Waals surface area contributed by atoms with Crippen molar-refractivity contribution in [3.8, 4) is 34.5 Å². The van der Waals surface area contributed by atoms with Crippen LogP contribution in [0.3, 0.4) is 0 Å². The SMILES string of the molecule is O=C(Oc1ccc(F)cc1)N1CCc2c([nH]c3ccc(Cl)cc23)C1c1ccc(OCCCCCCNCCO)cc1.O=C(Oc1ccc(F)cc1)N1CCc2c([nH]c3ccc(Cl)cc23)C1c1ccc(OCCCCn2ccnc2)cc1.O=C(Oc1ccc(F)cc1)N1CCc2c([nH]c3ccc(Cl)cc23)C1c1ccc(OCCCCn2cncn2)cc1. The van der Waals surface area contributed by atoms with Crippen molar-refractivity contribution >= 4 is 85.8 Å². The van der Waals surface area contributed by atoms with Crippen LogP contribution in [-0.4, -0.2) is 137 Å². The molecule has 3 amide bonds. The Morgan fingerprint density at radius 2 is 0.785 bits per heavy atom. The van der Waals surface area contributed by atoms with Gasteiger partial charge in [-0.05, 0) is 262 Å². The van der Waals surface area contributed by atoms with Crippen LogP contribution < -0.4 is 33.7 Å². The molecule has 22 nitrogen and oxygen atoms in total. The van der Waals surface area contributed by atoms with Crippen molar-refractivity contribution in [3.05, 3.63) is 315 Å². The zero-order chi connectivity index (χ0) is 83.6. The van der Waals surface area contributed by atoms with Crippen molar-refractivity contribution in [2.45, 2.75) is 102 Å². The highest BCUT2D eigenvalue weighted by atomic mass is 35.5. The lowest BCUT2D eigenvalue weighted by atomic mass is 9.92. The van der Waals surface area contributed by atoms with Crippen molar-refractivity contribution in [1.29, 1.82) is 0 Å². The minimum atomic E-state index is -0.508. The molecule has 5 aromatic heterocycles. The summed E-state index contributed by atoms with van der Waals surface area (Å²) in [5.74, 6) is 1.98. The smallest absolute Gasteiger partial charge is 0.416 e. The summed E-state index contributed by atoms with van der Waals surface area (Å²) in [6.07, 6.45) is 17.2. The monoisotopic (exact) mass is 1700 g/mol. The molecule has 0 saturated heterocycles. The van der Waals surface area contributed by atoms with Crippen LogP contribution in [0.15, 0.2) is 232 Å². The van der Waals surface area contributed by atoms with E-state index >= 15 is 0 Å². The van der Waals surface area contributed by atoms with E-state index in [-0.39, 0.29) is 23.9 Å². The maximum absolute atomic E-state index is 13.4. The van der Waals surface area contributed by atoms with Crippen LogP contribution in [0, 0.1) is 17.5 Å². The van der Waals surface area contributed by atoms with Gasteiger partial charge in [-0.25, -0.2) is 37.5 Å². The number of unbranched alkanes of at least 4 members (excludes halogenated alkanes) is 5. The summed E-state index contributed by atoms with van der Waals surface area (Å²) in [6, 6.07) is 55.8. The quantitative estimate of drug-likeness (QED) is 0.0287. The molecule has 28 heteroatoms. The summed E-state index contributed by atoms with van der Waals surface area (Å²) in [5, 5.41) is 21.2. The fraction of sp³-hybridized carbons (Fsp3) is 0.269. The number of carbonyl (C=O) groups is 3. The Bertz CT molecular complexity index is 5520. The number of aliphatic hydroxyl groups is 1. The number of aliphatic hydroxyl groups excluding tert-OH is 1. The first kappa shape index (κ1) is 83.8. The Labute approximate surface area is 712 Å². The number of hydrogen-bond donors (Lipinski definition) is 5. The number of hydrogen-bond acceptors (Lipinski definition) is 14. The van der Waals surface area contributed by atoms with E-state index in [0.29, 0.717) is 80.3 Å². The van der Waals surface area contributed by atoms with E-state index in [1.807, 2.05) is 140 Å². The lowest BCUT2D eigenvalue weighted by molar-refractivity contribution is 0.134. The molecule has 121 heavy (non-hydrogen) atoms. The first-order valence-electron chi connectivity index (χ1n) is 40.5. The zero-order valence-corrected chi connectivity index (χ0v) is 68.5. The largest absolute Gasteiger partial charge is 0.494 e. The zero-order valence-electron chi connectivity index (χ0n) is 66.2. The van der Waals surface area contributed by atoms with Gasteiger partial charge in [-0.3, -0.25) is 19.4 Å². The topological polar surface area (TPSA) is 244 Å². The molecule has 3 aliphatic rings. The highest BCUT2D eigenvalue weighted by molar-refractivity contribution is 6.32. The number of aromatic amines is 3. The van der Waals surface area contributed by atoms with E-state index in [2.05, 4.69) is 39.9 Å². The standard InChI is InChI=1S/C32H35ClFN3O4.C31H28ClFN4O3.C30H27ClFN5O3/c33-23-7-14-29-28(21-23)27-15-18-37(32(39)41-26-12-8-24(34)9-13-26)31(30(27)36-29)22-5-10-25(11-6-22)40-20-4-2-1-3-16-35-17-19-38;32-22-5-12-28-27(19-22)26-13-16-37(31(38)40-25-10-6-23(33)7-11-25)30(29(26)35-28)21-3-8-24(9-4-21)39-18-2-1-15-36-17-14-34-20-36;31-21-5-12-27-26(17-21)25-13-15-37(30(38)40-24-10-6-22(32)7-11-24)29(28(25)35-27)20-3-8-23(9-4-20)39-16-2-1-14-36-19-33-18-34-36/h5-14,21,31,35-36,38H,1-4,15-20H2;3-12,14,17,19-20,30,35H,1-2,13,15-16,18H2;3-12,17-19,29,35H,1-2,13-16H2. The number of aryl methyl sites for hydroxylation is 2. The van der Waals surface area contributed by atoms with Gasteiger partial charge in [0.1, 0.15) is 82.7 Å². The maximum atomic E-state index is 13.4. The number of ether oxygens (including phenoxy) is 6. The third-order valence-electron chi connectivity index (χ3n) is 21.6. The molecule has 3 atom stereocenters. The number of nitrogens with one attached hydrogen (secondary N) is 4. The number of fused-ring (bicyclic) bond motifs is 9. The van der Waals surface area contributed by atoms with E-state index in [1.54, 1.807) is 31.9 Å². The van der Waals surface area contributed by atoms with E-state index in [1.165, 1.54) is 79.1 Å². The minimum absolute atomic E-state index is 0.170. The van der Waals surface area contributed by atoms with E-state index in [0.717, 1.165) is 171 Å². The molecule has 0 spiro atoms. The third-order valence-corrected chi connectivity index (χ3v) is 22.3. The first-order valence-corrected chi connectivity index (χ1v) is 41.7. The number of halogens is 6. The Hall–Kier alpha value is -12.3.